The summed E-state index contributed by atoms with van der Waals surface area (Å²) in [5.41, 5.74) is 0. The minimum absolute atomic E-state index is 0.149. The van der Waals surface area contributed by atoms with Gasteiger partial charge in [-0.05, 0) is 25.0 Å². The molecule has 2 rings (SSSR count). The molecule has 0 bridgehead atoms. The first-order valence-corrected chi connectivity index (χ1v) is 7.31. The summed E-state index contributed by atoms with van der Waals surface area (Å²) in [6, 6.07) is 4.75. The first-order chi connectivity index (χ1) is 9.97. The molecule has 1 saturated heterocycles. The Labute approximate surface area is 132 Å². The van der Waals surface area contributed by atoms with E-state index >= 15 is 0 Å². The van der Waals surface area contributed by atoms with Crippen molar-refractivity contribution in [1.82, 2.24) is 4.90 Å². The van der Waals surface area contributed by atoms with Gasteiger partial charge in [-0.15, -0.1) is 0 Å². The largest absolute Gasteiger partial charge is 0.484 e. The normalized spacial score (nSPS) is 18.4. The topological polar surface area (TPSA) is 66.8 Å². The number of rotatable bonds is 4. The van der Waals surface area contributed by atoms with E-state index in [1.165, 1.54) is 11.0 Å². The molecule has 1 fully saturated rings. The molecule has 1 N–H and O–H groups in total. The lowest BCUT2D eigenvalue weighted by Gasteiger charge is -2.30. The molecule has 1 amide bonds. The second-order valence-corrected chi connectivity index (χ2v) is 5.70. The number of hydrogen-bond acceptors (Lipinski definition) is 3. The molecule has 1 aliphatic heterocycles. The zero-order valence-electron chi connectivity index (χ0n) is 11.2. The van der Waals surface area contributed by atoms with Crippen LogP contribution in [0.25, 0.3) is 0 Å². The smallest absolute Gasteiger partial charge is 0.308 e. The van der Waals surface area contributed by atoms with Crippen LogP contribution in [-0.4, -0.2) is 41.6 Å². The van der Waals surface area contributed by atoms with E-state index in [4.69, 9.17) is 33.0 Å². The molecule has 0 radical (unpaired) electrons. The van der Waals surface area contributed by atoms with Gasteiger partial charge in [0.1, 0.15) is 5.75 Å². The number of hydrogen-bond donors (Lipinski definition) is 1. The fourth-order valence-electron chi connectivity index (χ4n) is 2.21. The first kappa shape index (κ1) is 15.9. The fraction of sp³-hybridized carbons (Fsp3) is 0.429. The van der Waals surface area contributed by atoms with Gasteiger partial charge in [-0.2, -0.15) is 0 Å². The van der Waals surface area contributed by atoms with Crippen LogP contribution in [0.5, 0.6) is 5.75 Å². The molecule has 114 valence electrons. The number of carbonyl (C=O) groups excluding carboxylic acids is 1. The van der Waals surface area contributed by atoms with Crippen molar-refractivity contribution >= 4 is 35.1 Å². The predicted octanol–water partition coefficient (Wildman–Crippen LogP) is 2.70. The molecule has 7 heteroatoms. The molecule has 0 saturated carbocycles. The van der Waals surface area contributed by atoms with Crippen molar-refractivity contribution in [2.45, 2.75) is 12.8 Å². The van der Waals surface area contributed by atoms with E-state index in [0.29, 0.717) is 35.2 Å². The average molecular weight is 332 g/mol. The second-order valence-electron chi connectivity index (χ2n) is 4.88. The third-order valence-corrected chi connectivity index (χ3v) is 4.12. The molecule has 1 aromatic rings. The number of ether oxygens (including phenoxy) is 1. The molecule has 1 aliphatic rings. The molecule has 0 spiro atoms. The summed E-state index contributed by atoms with van der Waals surface area (Å²) in [6.07, 6.45) is 1.29. The molecule has 5 nitrogen and oxygen atoms in total. The second kappa shape index (κ2) is 7.00. The molecule has 0 aliphatic carbocycles. The van der Waals surface area contributed by atoms with Gasteiger partial charge in [-0.3, -0.25) is 9.59 Å². The number of carboxylic acids is 1. The number of halogens is 2. The van der Waals surface area contributed by atoms with Crippen LogP contribution in [0.4, 0.5) is 0 Å². The molecule has 1 unspecified atom stereocenters. The van der Waals surface area contributed by atoms with Crippen LogP contribution in [0.1, 0.15) is 12.8 Å². The van der Waals surface area contributed by atoms with Crippen molar-refractivity contribution in [1.29, 1.82) is 0 Å². The van der Waals surface area contributed by atoms with E-state index in [2.05, 4.69) is 0 Å². The third-order valence-electron chi connectivity index (χ3n) is 3.38. The van der Waals surface area contributed by atoms with Crippen LogP contribution in [0.2, 0.25) is 10.0 Å². The van der Waals surface area contributed by atoms with E-state index in [9.17, 15) is 9.59 Å². The van der Waals surface area contributed by atoms with Crippen molar-refractivity contribution in [2.75, 3.05) is 19.7 Å². The van der Waals surface area contributed by atoms with Gasteiger partial charge >= 0.3 is 5.97 Å². The van der Waals surface area contributed by atoms with Crippen LogP contribution in [0, 0.1) is 5.92 Å². The van der Waals surface area contributed by atoms with E-state index < -0.39 is 11.9 Å². The summed E-state index contributed by atoms with van der Waals surface area (Å²) in [6.45, 7) is 0.649. The molecule has 0 aromatic heterocycles. The minimum Gasteiger partial charge on any atom is -0.484 e. The lowest BCUT2D eigenvalue weighted by atomic mass is 9.98. The number of likely N-dealkylation sites (tertiary alicyclic amines) is 1. The third kappa shape index (κ3) is 4.25. The van der Waals surface area contributed by atoms with Crippen molar-refractivity contribution in [3.63, 3.8) is 0 Å². The molecular formula is C14H15Cl2NO4. The number of amides is 1. The van der Waals surface area contributed by atoms with Gasteiger partial charge in [-0.25, -0.2) is 0 Å². The van der Waals surface area contributed by atoms with Crippen LogP contribution in [0.3, 0.4) is 0 Å². The zero-order valence-corrected chi connectivity index (χ0v) is 12.7. The Bertz CT molecular complexity index is 550. The van der Waals surface area contributed by atoms with E-state index in [0.717, 1.165) is 0 Å². The Kier molecular flexibility index (Phi) is 5.31. The number of piperidine rings is 1. The summed E-state index contributed by atoms with van der Waals surface area (Å²) in [4.78, 5) is 24.5. The van der Waals surface area contributed by atoms with Gasteiger partial charge in [0.15, 0.2) is 6.61 Å². The highest BCUT2D eigenvalue weighted by molar-refractivity contribution is 6.42. The molecular weight excluding hydrogens is 317 g/mol. The van der Waals surface area contributed by atoms with Gasteiger partial charge < -0.3 is 14.7 Å². The van der Waals surface area contributed by atoms with Gasteiger partial charge in [0.2, 0.25) is 0 Å². The number of aliphatic carboxylic acids is 1. The van der Waals surface area contributed by atoms with Crippen LogP contribution >= 0.6 is 23.2 Å². The standard InChI is InChI=1S/C14H15Cl2NO4/c15-11-4-3-10(6-12(11)16)21-8-13(18)17-5-1-2-9(7-17)14(19)20/h3-4,6,9H,1-2,5,7-8H2,(H,19,20). The van der Waals surface area contributed by atoms with Crippen molar-refractivity contribution in [3.05, 3.63) is 28.2 Å². The van der Waals surface area contributed by atoms with Gasteiger partial charge in [0, 0.05) is 19.2 Å². The first-order valence-electron chi connectivity index (χ1n) is 6.56. The van der Waals surface area contributed by atoms with Crippen molar-refractivity contribution in [3.8, 4) is 5.75 Å². The molecule has 1 aromatic carbocycles. The maximum Gasteiger partial charge on any atom is 0.308 e. The molecule has 1 heterocycles. The quantitative estimate of drug-likeness (QED) is 0.921. The highest BCUT2D eigenvalue weighted by Crippen LogP contribution is 2.26. The van der Waals surface area contributed by atoms with E-state index in [1.54, 1.807) is 12.1 Å². The van der Waals surface area contributed by atoms with Gasteiger partial charge in [0.05, 0.1) is 16.0 Å². The van der Waals surface area contributed by atoms with Crippen LogP contribution in [0.15, 0.2) is 18.2 Å². The number of nitrogens with zero attached hydrogens (tertiary/aromatic N) is 1. The lowest BCUT2D eigenvalue weighted by Crippen LogP contribution is -2.44. The number of benzene rings is 1. The minimum atomic E-state index is -0.863. The Balaban J connectivity index is 1.89. The Hall–Kier alpha value is -1.46. The number of carboxylic acid groups (broad SMARTS) is 1. The van der Waals surface area contributed by atoms with Crippen molar-refractivity contribution < 1.29 is 19.4 Å². The summed E-state index contributed by atoms with van der Waals surface area (Å²) < 4.78 is 5.37. The Morgan fingerprint density at radius 3 is 2.76 bits per heavy atom. The fourth-order valence-corrected chi connectivity index (χ4v) is 2.50. The van der Waals surface area contributed by atoms with Gasteiger partial charge in [0.25, 0.3) is 5.91 Å². The van der Waals surface area contributed by atoms with Crippen LogP contribution < -0.4 is 4.74 Å². The summed E-state index contributed by atoms with van der Waals surface area (Å²) >= 11 is 11.7. The lowest BCUT2D eigenvalue weighted by molar-refractivity contribution is -0.146. The SMILES string of the molecule is O=C(O)C1CCCN(C(=O)COc2ccc(Cl)c(Cl)c2)C1. The summed E-state index contributed by atoms with van der Waals surface area (Å²) in [5, 5.41) is 9.77. The Morgan fingerprint density at radius 1 is 1.33 bits per heavy atom. The monoisotopic (exact) mass is 331 g/mol. The summed E-state index contributed by atoms with van der Waals surface area (Å²) in [7, 11) is 0. The average Bonchev–Trinajstić information content (AvgIpc) is 2.48. The predicted molar refractivity (Wildman–Crippen MR) is 78.9 cm³/mol. The van der Waals surface area contributed by atoms with E-state index in [-0.39, 0.29) is 19.1 Å². The molecule has 1 atom stereocenters. The zero-order chi connectivity index (χ0) is 15.4. The summed E-state index contributed by atoms with van der Waals surface area (Å²) in [5.74, 6) is -1.14. The number of carbonyl (C=O) groups is 2. The maximum absolute atomic E-state index is 12.0. The van der Waals surface area contributed by atoms with Crippen LogP contribution in [-0.2, 0) is 9.59 Å². The highest BCUT2D eigenvalue weighted by Gasteiger charge is 2.28. The van der Waals surface area contributed by atoms with E-state index in [1.807, 2.05) is 0 Å². The van der Waals surface area contributed by atoms with Gasteiger partial charge in [-0.1, -0.05) is 23.2 Å². The molecule has 21 heavy (non-hydrogen) atoms. The maximum atomic E-state index is 12.0. The highest BCUT2D eigenvalue weighted by atomic mass is 35.5. The Morgan fingerprint density at radius 2 is 2.10 bits per heavy atom. The van der Waals surface area contributed by atoms with Crippen molar-refractivity contribution in [2.24, 2.45) is 5.92 Å².